The van der Waals surface area contributed by atoms with E-state index in [-0.39, 0.29) is 30.5 Å². The Morgan fingerprint density at radius 3 is 2.73 bits per heavy atom. The zero-order chi connectivity index (χ0) is 27.6. The van der Waals surface area contributed by atoms with Gasteiger partial charge in [-0.3, -0.25) is 14.3 Å². The van der Waals surface area contributed by atoms with Crippen molar-refractivity contribution in [2.75, 3.05) is 50.8 Å². The Labute approximate surface area is 240 Å². The van der Waals surface area contributed by atoms with Crippen LogP contribution < -0.4 is 10.2 Å². The number of carbonyl (C=O) groups is 2. The van der Waals surface area contributed by atoms with Crippen LogP contribution in [-0.2, 0) is 17.8 Å². The van der Waals surface area contributed by atoms with Gasteiger partial charge in [0, 0.05) is 67.3 Å². The molecule has 0 bridgehead atoms. The molecule has 0 radical (unpaired) electrons. The van der Waals surface area contributed by atoms with Crippen molar-refractivity contribution in [2.45, 2.75) is 69.5 Å². The van der Waals surface area contributed by atoms with Crippen LogP contribution in [0.2, 0.25) is 5.02 Å². The fourth-order valence-corrected chi connectivity index (χ4v) is 7.65. The maximum atomic E-state index is 13.8. The van der Waals surface area contributed by atoms with E-state index in [9.17, 15) is 9.59 Å². The number of fused-ring (bicyclic) bond motifs is 3. The van der Waals surface area contributed by atoms with Crippen molar-refractivity contribution >= 4 is 29.1 Å². The summed E-state index contributed by atoms with van der Waals surface area (Å²) in [5, 5.41) is 18.1. The number of aliphatic hydroxyl groups is 1. The lowest BCUT2D eigenvalue weighted by molar-refractivity contribution is -0.135. The molecule has 2 amide bonds. The standard InChI is InChI=1S/C30H39ClN6O3/c1-19-23(31)3-2-4-24(19)35-12-13-36(30(18-35)7-8-30)26(39)17-37-25-16-20-15-22(20)27(25)28(33-37)29(40)34-10-5-21(6-11-34)32-9-14-38/h2-4,20-22,32,38H,5-18H2,1H3/t20-,22-/m1/s1. The maximum Gasteiger partial charge on any atom is 0.274 e. The zero-order valence-electron chi connectivity index (χ0n) is 23.2. The van der Waals surface area contributed by atoms with Crippen molar-refractivity contribution in [3.63, 3.8) is 0 Å². The first-order valence-corrected chi connectivity index (χ1v) is 15.3. The van der Waals surface area contributed by atoms with Crippen LogP contribution in [-0.4, -0.2) is 94.0 Å². The Morgan fingerprint density at radius 1 is 1.18 bits per heavy atom. The van der Waals surface area contributed by atoms with Gasteiger partial charge in [0.2, 0.25) is 5.91 Å². The highest BCUT2D eigenvalue weighted by Crippen LogP contribution is 2.57. The smallest absolute Gasteiger partial charge is 0.274 e. The highest BCUT2D eigenvalue weighted by atomic mass is 35.5. The highest BCUT2D eigenvalue weighted by molar-refractivity contribution is 6.31. The van der Waals surface area contributed by atoms with Crippen LogP contribution in [0.3, 0.4) is 0 Å². The third kappa shape index (κ3) is 4.50. The average Bonchev–Trinajstić information content (AvgIpc) is 3.84. The van der Waals surface area contributed by atoms with E-state index >= 15 is 0 Å². The lowest BCUT2D eigenvalue weighted by atomic mass is 10.0. The van der Waals surface area contributed by atoms with Crippen molar-refractivity contribution in [1.29, 1.82) is 0 Å². The van der Waals surface area contributed by atoms with Crippen LogP contribution in [0, 0.1) is 12.8 Å². The van der Waals surface area contributed by atoms with Gasteiger partial charge in [-0.05, 0) is 75.0 Å². The van der Waals surface area contributed by atoms with Crippen molar-refractivity contribution in [3.8, 4) is 0 Å². The second-order valence-electron chi connectivity index (χ2n) is 12.5. The SMILES string of the molecule is Cc1c(Cl)cccc1N1CCN(C(=O)Cn2nc(C(=O)N3CCC(NCCO)CC3)c3c2C[C@H]2C[C@@H]32)C2(CC2)C1. The predicted molar refractivity (Wildman–Crippen MR) is 153 cm³/mol. The van der Waals surface area contributed by atoms with Crippen LogP contribution in [0.1, 0.15) is 65.3 Å². The third-order valence-corrected chi connectivity index (χ3v) is 10.4. The van der Waals surface area contributed by atoms with Gasteiger partial charge in [0.25, 0.3) is 5.91 Å². The molecule has 214 valence electrons. The summed E-state index contributed by atoms with van der Waals surface area (Å²) >= 11 is 6.41. The van der Waals surface area contributed by atoms with Gasteiger partial charge in [0.05, 0.1) is 12.1 Å². The fourth-order valence-electron chi connectivity index (χ4n) is 7.48. The summed E-state index contributed by atoms with van der Waals surface area (Å²) in [5.41, 5.74) is 4.94. The number of nitrogens with zero attached hydrogens (tertiary/aromatic N) is 5. The number of anilines is 1. The zero-order valence-corrected chi connectivity index (χ0v) is 24.0. The summed E-state index contributed by atoms with van der Waals surface area (Å²) in [6.45, 7) is 6.66. The van der Waals surface area contributed by atoms with Crippen molar-refractivity contribution in [1.82, 2.24) is 24.9 Å². The fraction of sp³-hybridized carbons (Fsp3) is 0.633. The highest BCUT2D eigenvalue weighted by Gasteiger charge is 2.54. The molecule has 10 heteroatoms. The van der Waals surface area contributed by atoms with Crippen molar-refractivity contribution < 1.29 is 14.7 Å². The molecule has 2 aliphatic heterocycles. The van der Waals surface area contributed by atoms with E-state index in [1.54, 1.807) is 0 Å². The number of carbonyl (C=O) groups excluding carboxylic acids is 2. The molecular weight excluding hydrogens is 528 g/mol. The number of likely N-dealkylation sites (tertiary alicyclic amines) is 1. The monoisotopic (exact) mass is 566 g/mol. The molecular formula is C30H39ClN6O3. The molecule has 40 heavy (non-hydrogen) atoms. The first-order valence-electron chi connectivity index (χ1n) is 14.9. The van der Waals surface area contributed by atoms with Gasteiger partial charge in [-0.15, -0.1) is 0 Å². The van der Waals surface area contributed by atoms with Gasteiger partial charge in [0.15, 0.2) is 5.69 Å². The Morgan fingerprint density at radius 2 is 1.98 bits per heavy atom. The lowest BCUT2D eigenvalue weighted by Crippen LogP contribution is -2.58. The Bertz CT molecular complexity index is 1330. The molecule has 2 saturated heterocycles. The molecule has 2 N–H and O–H groups in total. The topological polar surface area (TPSA) is 93.9 Å². The number of piperazine rings is 1. The first-order chi connectivity index (χ1) is 19.4. The number of piperidine rings is 1. The molecule has 7 rings (SSSR count). The van der Waals surface area contributed by atoms with Crippen LogP contribution >= 0.6 is 11.6 Å². The minimum Gasteiger partial charge on any atom is -0.395 e. The molecule has 2 saturated carbocycles. The van der Waals surface area contributed by atoms with Gasteiger partial charge in [-0.1, -0.05) is 17.7 Å². The average molecular weight is 567 g/mol. The Kier molecular flexibility index (Phi) is 6.59. The van der Waals surface area contributed by atoms with E-state index in [0.29, 0.717) is 49.8 Å². The maximum absolute atomic E-state index is 13.8. The number of rotatable bonds is 7. The minimum absolute atomic E-state index is 0.0137. The lowest BCUT2D eigenvalue weighted by Gasteiger charge is -2.43. The Balaban J connectivity index is 1.06. The van der Waals surface area contributed by atoms with Crippen LogP contribution in [0.4, 0.5) is 5.69 Å². The minimum atomic E-state index is -0.115. The number of aliphatic hydroxyl groups excluding tert-OH is 1. The predicted octanol–water partition coefficient (Wildman–Crippen LogP) is 2.57. The van der Waals surface area contributed by atoms with Crippen molar-refractivity contribution in [3.05, 3.63) is 45.7 Å². The molecule has 2 aromatic rings. The number of benzene rings is 1. The quantitative estimate of drug-likeness (QED) is 0.535. The summed E-state index contributed by atoms with van der Waals surface area (Å²) in [5.74, 6) is 1.16. The van der Waals surface area contributed by atoms with E-state index in [2.05, 4.69) is 28.1 Å². The van der Waals surface area contributed by atoms with E-state index < -0.39 is 0 Å². The first kappa shape index (κ1) is 26.3. The normalized spacial score (nSPS) is 24.8. The molecule has 0 unspecified atom stereocenters. The third-order valence-electron chi connectivity index (χ3n) is 10.0. The van der Waals surface area contributed by atoms with Gasteiger partial charge in [-0.25, -0.2) is 0 Å². The molecule has 1 aromatic heterocycles. The molecule has 2 atom stereocenters. The molecule has 1 aromatic carbocycles. The molecule has 1 spiro atoms. The van der Waals surface area contributed by atoms with Crippen LogP contribution in [0.15, 0.2) is 18.2 Å². The molecule has 3 aliphatic carbocycles. The van der Waals surface area contributed by atoms with Crippen molar-refractivity contribution in [2.24, 2.45) is 5.92 Å². The number of aromatic nitrogens is 2. The van der Waals surface area contributed by atoms with Gasteiger partial charge < -0.3 is 25.1 Å². The molecule has 5 aliphatic rings. The number of hydrogen-bond donors (Lipinski definition) is 2. The molecule has 9 nitrogen and oxygen atoms in total. The summed E-state index contributed by atoms with van der Waals surface area (Å²) in [6.07, 6.45) is 5.85. The number of amides is 2. The van der Waals surface area contributed by atoms with Gasteiger partial charge in [0.1, 0.15) is 6.54 Å². The van der Waals surface area contributed by atoms with E-state index in [1.165, 1.54) is 0 Å². The number of nitrogens with one attached hydrogen (secondary N) is 1. The molecule has 4 fully saturated rings. The van der Waals surface area contributed by atoms with Crippen LogP contribution in [0.5, 0.6) is 0 Å². The second-order valence-corrected chi connectivity index (χ2v) is 12.9. The van der Waals surface area contributed by atoms with E-state index in [1.807, 2.05) is 21.7 Å². The Hall–Kier alpha value is -2.62. The number of hydrogen-bond acceptors (Lipinski definition) is 6. The summed E-state index contributed by atoms with van der Waals surface area (Å²) < 4.78 is 1.87. The summed E-state index contributed by atoms with van der Waals surface area (Å²) in [7, 11) is 0. The van der Waals surface area contributed by atoms with Gasteiger partial charge in [-0.2, -0.15) is 5.10 Å². The number of halogens is 1. The second kappa shape index (κ2) is 10.0. The molecule has 3 heterocycles. The van der Waals surface area contributed by atoms with E-state index in [4.69, 9.17) is 21.8 Å². The van der Waals surface area contributed by atoms with Crippen LogP contribution in [0.25, 0.3) is 0 Å². The van der Waals surface area contributed by atoms with Gasteiger partial charge >= 0.3 is 0 Å². The van der Waals surface area contributed by atoms with E-state index in [0.717, 1.165) is 79.1 Å². The largest absolute Gasteiger partial charge is 0.395 e. The summed E-state index contributed by atoms with van der Waals surface area (Å²) in [6, 6.07) is 6.39. The summed E-state index contributed by atoms with van der Waals surface area (Å²) in [4.78, 5) is 33.9.